The number of hydrogen-bond donors (Lipinski definition) is 1. The molecule has 1 aromatic rings. The first kappa shape index (κ1) is 14.2. The molecule has 1 aliphatic heterocycles. The van der Waals surface area contributed by atoms with E-state index in [1.807, 2.05) is 0 Å². The van der Waals surface area contributed by atoms with Crippen LogP contribution < -0.4 is 14.4 Å². The lowest BCUT2D eigenvalue weighted by Gasteiger charge is -2.17. The third kappa shape index (κ3) is 3.40. The maximum absolute atomic E-state index is 12.0. The van der Waals surface area contributed by atoms with Crippen LogP contribution in [0, 0.1) is 0 Å². The number of nitrogens with zero attached hydrogens (tertiary/aromatic N) is 1. The van der Waals surface area contributed by atoms with E-state index in [0.29, 0.717) is 30.8 Å². The Morgan fingerprint density at radius 2 is 1.90 bits per heavy atom. The fourth-order valence-corrected chi connectivity index (χ4v) is 1.96. The molecule has 1 aromatic carbocycles. The molecular formula is C14H17NO5. The molecule has 0 saturated carbocycles. The molecule has 0 aromatic heterocycles. The normalized spacial score (nSPS) is 12.2. The molecule has 0 radical (unpaired) electrons. The van der Waals surface area contributed by atoms with Gasteiger partial charge in [0.1, 0.15) is 0 Å². The number of carbonyl (C=O) groups excluding carboxylic acids is 1. The van der Waals surface area contributed by atoms with Crippen molar-refractivity contribution in [2.24, 2.45) is 0 Å². The third-order valence-corrected chi connectivity index (χ3v) is 3.15. The number of carboxylic acid groups (broad SMARTS) is 1. The highest BCUT2D eigenvalue weighted by molar-refractivity contribution is 5.93. The van der Waals surface area contributed by atoms with E-state index in [-0.39, 0.29) is 19.1 Å². The summed E-state index contributed by atoms with van der Waals surface area (Å²) in [5, 5.41) is 8.53. The minimum Gasteiger partial charge on any atom is -0.481 e. The number of unbranched alkanes of at least 4 members (excludes halogenated alkanes) is 1. The maximum atomic E-state index is 12.0. The van der Waals surface area contributed by atoms with Gasteiger partial charge in [0.15, 0.2) is 11.5 Å². The third-order valence-electron chi connectivity index (χ3n) is 3.15. The van der Waals surface area contributed by atoms with Crippen LogP contribution in [0.1, 0.15) is 25.7 Å². The molecule has 0 fully saturated rings. The molecule has 0 aliphatic carbocycles. The molecule has 6 heteroatoms. The summed E-state index contributed by atoms with van der Waals surface area (Å²) in [6, 6.07) is 5.33. The van der Waals surface area contributed by atoms with Crippen molar-refractivity contribution in [2.75, 3.05) is 18.7 Å². The number of amides is 1. The van der Waals surface area contributed by atoms with Crippen molar-refractivity contribution in [3.63, 3.8) is 0 Å². The van der Waals surface area contributed by atoms with Crippen LogP contribution in [0.15, 0.2) is 18.2 Å². The molecule has 0 unspecified atom stereocenters. The summed E-state index contributed by atoms with van der Waals surface area (Å²) >= 11 is 0. The first-order chi connectivity index (χ1) is 9.58. The number of aliphatic carboxylic acids is 1. The topological polar surface area (TPSA) is 76.1 Å². The predicted molar refractivity (Wildman–Crippen MR) is 72.1 cm³/mol. The smallest absolute Gasteiger partial charge is 0.303 e. The quantitative estimate of drug-likeness (QED) is 0.806. The van der Waals surface area contributed by atoms with Crippen molar-refractivity contribution < 1.29 is 24.2 Å². The van der Waals surface area contributed by atoms with E-state index in [1.165, 1.54) is 0 Å². The zero-order valence-electron chi connectivity index (χ0n) is 11.3. The second-order valence-electron chi connectivity index (χ2n) is 4.59. The van der Waals surface area contributed by atoms with Crippen molar-refractivity contribution in [1.82, 2.24) is 0 Å². The van der Waals surface area contributed by atoms with E-state index in [9.17, 15) is 9.59 Å². The Morgan fingerprint density at radius 3 is 2.65 bits per heavy atom. The molecule has 20 heavy (non-hydrogen) atoms. The highest BCUT2D eigenvalue weighted by Crippen LogP contribution is 2.35. The lowest BCUT2D eigenvalue weighted by Crippen LogP contribution is -2.25. The van der Waals surface area contributed by atoms with E-state index < -0.39 is 5.97 Å². The predicted octanol–water partition coefficient (Wildman–Crippen LogP) is 2.02. The number of carbonyl (C=O) groups is 2. The Kier molecular flexibility index (Phi) is 4.45. The van der Waals surface area contributed by atoms with Crippen LogP contribution in [0.3, 0.4) is 0 Å². The molecule has 0 spiro atoms. The van der Waals surface area contributed by atoms with Gasteiger partial charge in [-0.25, -0.2) is 0 Å². The number of rotatable bonds is 6. The van der Waals surface area contributed by atoms with Gasteiger partial charge in [0, 0.05) is 31.6 Å². The molecule has 1 heterocycles. The average molecular weight is 279 g/mol. The van der Waals surface area contributed by atoms with Gasteiger partial charge in [-0.3, -0.25) is 9.59 Å². The van der Waals surface area contributed by atoms with Crippen LogP contribution in [0.25, 0.3) is 0 Å². The van der Waals surface area contributed by atoms with Gasteiger partial charge in [0.05, 0.1) is 0 Å². The van der Waals surface area contributed by atoms with Gasteiger partial charge in [-0.15, -0.1) is 0 Å². The van der Waals surface area contributed by atoms with Gasteiger partial charge in [-0.05, 0) is 25.0 Å². The Labute approximate surface area is 116 Å². The van der Waals surface area contributed by atoms with Crippen LogP contribution in [-0.4, -0.2) is 30.8 Å². The van der Waals surface area contributed by atoms with Crippen LogP contribution in [0.5, 0.6) is 11.5 Å². The van der Waals surface area contributed by atoms with E-state index in [1.54, 1.807) is 30.1 Å². The standard InChI is InChI=1S/C14H17NO5/c1-15(13(16)4-2-3-5-14(17)18)10-6-7-11-12(8-10)20-9-19-11/h6-8H,2-5,9H2,1H3,(H,17,18). The average Bonchev–Trinajstić information content (AvgIpc) is 2.89. The SMILES string of the molecule is CN(C(=O)CCCCC(=O)O)c1ccc2c(c1)OCO2. The summed E-state index contributed by atoms with van der Waals surface area (Å²) in [5.41, 5.74) is 0.734. The highest BCUT2D eigenvalue weighted by Gasteiger charge is 2.17. The van der Waals surface area contributed by atoms with Crippen molar-refractivity contribution >= 4 is 17.6 Å². The number of benzene rings is 1. The Morgan fingerprint density at radius 1 is 1.20 bits per heavy atom. The maximum Gasteiger partial charge on any atom is 0.303 e. The fraction of sp³-hybridized carbons (Fsp3) is 0.429. The zero-order valence-corrected chi connectivity index (χ0v) is 11.3. The second kappa shape index (κ2) is 6.27. The summed E-state index contributed by atoms with van der Waals surface area (Å²) in [5.74, 6) is 0.430. The van der Waals surface area contributed by atoms with Gasteiger partial charge < -0.3 is 19.5 Å². The number of ether oxygens (including phenoxy) is 2. The van der Waals surface area contributed by atoms with Gasteiger partial charge in [-0.2, -0.15) is 0 Å². The van der Waals surface area contributed by atoms with Crippen molar-refractivity contribution in [3.05, 3.63) is 18.2 Å². The molecule has 0 atom stereocenters. The van der Waals surface area contributed by atoms with Gasteiger partial charge in [-0.1, -0.05) is 0 Å². The molecule has 1 aliphatic rings. The summed E-state index contributed by atoms with van der Waals surface area (Å²) < 4.78 is 10.5. The van der Waals surface area contributed by atoms with E-state index >= 15 is 0 Å². The largest absolute Gasteiger partial charge is 0.481 e. The molecular weight excluding hydrogens is 262 g/mol. The van der Waals surface area contributed by atoms with Crippen molar-refractivity contribution in [3.8, 4) is 11.5 Å². The number of carboxylic acids is 1. The summed E-state index contributed by atoms with van der Waals surface area (Å²) in [6.45, 7) is 0.200. The monoisotopic (exact) mass is 279 g/mol. The fourth-order valence-electron chi connectivity index (χ4n) is 1.96. The summed E-state index contributed by atoms with van der Waals surface area (Å²) in [4.78, 5) is 23.9. The van der Waals surface area contributed by atoms with Crippen LogP contribution in [0.2, 0.25) is 0 Å². The molecule has 6 nitrogen and oxygen atoms in total. The lowest BCUT2D eigenvalue weighted by atomic mass is 10.1. The minimum atomic E-state index is -0.832. The van der Waals surface area contributed by atoms with Gasteiger partial charge in [0.2, 0.25) is 12.7 Å². The second-order valence-corrected chi connectivity index (χ2v) is 4.59. The molecule has 1 amide bonds. The van der Waals surface area contributed by atoms with Crippen molar-refractivity contribution in [2.45, 2.75) is 25.7 Å². The molecule has 2 rings (SSSR count). The number of hydrogen-bond acceptors (Lipinski definition) is 4. The lowest BCUT2D eigenvalue weighted by molar-refractivity contribution is -0.137. The van der Waals surface area contributed by atoms with Gasteiger partial charge >= 0.3 is 5.97 Å². The van der Waals surface area contributed by atoms with E-state index in [4.69, 9.17) is 14.6 Å². The summed E-state index contributed by atoms with van der Waals surface area (Å²) in [6.07, 6.45) is 1.51. The zero-order chi connectivity index (χ0) is 14.5. The molecule has 1 N–H and O–H groups in total. The Hall–Kier alpha value is -2.24. The Balaban J connectivity index is 1.88. The first-order valence-corrected chi connectivity index (χ1v) is 6.46. The number of anilines is 1. The molecule has 108 valence electrons. The Bertz CT molecular complexity index is 514. The van der Waals surface area contributed by atoms with Crippen molar-refractivity contribution in [1.29, 1.82) is 0 Å². The van der Waals surface area contributed by atoms with Gasteiger partial charge in [0.25, 0.3) is 0 Å². The molecule has 0 bridgehead atoms. The highest BCUT2D eigenvalue weighted by atomic mass is 16.7. The van der Waals surface area contributed by atoms with Crippen LogP contribution in [0.4, 0.5) is 5.69 Å². The summed E-state index contributed by atoms with van der Waals surface area (Å²) in [7, 11) is 1.69. The van der Waals surface area contributed by atoms with E-state index in [2.05, 4.69) is 0 Å². The van der Waals surface area contributed by atoms with Crippen LogP contribution >= 0.6 is 0 Å². The number of fused-ring (bicyclic) bond motifs is 1. The van der Waals surface area contributed by atoms with Crippen LogP contribution in [-0.2, 0) is 9.59 Å². The van der Waals surface area contributed by atoms with E-state index in [0.717, 1.165) is 5.69 Å². The first-order valence-electron chi connectivity index (χ1n) is 6.46. The molecule has 0 saturated heterocycles. The minimum absolute atomic E-state index is 0.0470.